The molecule has 0 saturated carbocycles. The van der Waals surface area contributed by atoms with Crippen molar-refractivity contribution in [1.29, 1.82) is 0 Å². The number of para-hydroxylation sites is 1. The van der Waals surface area contributed by atoms with Gasteiger partial charge in [-0.25, -0.2) is 0 Å². The fourth-order valence-corrected chi connectivity index (χ4v) is 3.36. The molecule has 1 fully saturated rings. The van der Waals surface area contributed by atoms with Gasteiger partial charge in [-0.05, 0) is 31.4 Å². The van der Waals surface area contributed by atoms with Crippen molar-refractivity contribution in [3.05, 3.63) is 42.0 Å². The summed E-state index contributed by atoms with van der Waals surface area (Å²) in [6.07, 6.45) is 4.85. The van der Waals surface area contributed by atoms with Crippen molar-refractivity contribution in [2.24, 2.45) is 0 Å². The van der Waals surface area contributed by atoms with Gasteiger partial charge in [-0.15, -0.1) is 10.2 Å². The van der Waals surface area contributed by atoms with Crippen LogP contribution in [0.1, 0.15) is 48.3 Å². The van der Waals surface area contributed by atoms with Gasteiger partial charge in [0.05, 0.1) is 12.7 Å². The van der Waals surface area contributed by atoms with Crippen LogP contribution in [0.2, 0.25) is 0 Å². The zero-order chi connectivity index (χ0) is 16.9. The molecule has 24 heavy (non-hydrogen) atoms. The van der Waals surface area contributed by atoms with E-state index in [2.05, 4.69) is 21.7 Å². The van der Waals surface area contributed by atoms with Crippen molar-refractivity contribution in [3.8, 4) is 5.75 Å². The number of likely N-dealkylation sites (tertiary alicyclic amines) is 1. The second-order valence-corrected chi connectivity index (χ2v) is 6.17. The minimum Gasteiger partial charge on any atom is -0.496 e. The predicted molar refractivity (Wildman–Crippen MR) is 91.2 cm³/mol. The topological polar surface area (TPSA) is 60.2 Å². The van der Waals surface area contributed by atoms with Crippen LogP contribution >= 0.6 is 0 Å². The van der Waals surface area contributed by atoms with Gasteiger partial charge in [0.1, 0.15) is 17.9 Å². The van der Waals surface area contributed by atoms with Crippen molar-refractivity contribution in [2.45, 2.75) is 38.6 Å². The van der Waals surface area contributed by atoms with Gasteiger partial charge in [0.15, 0.2) is 0 Å². The molecular weight excluding hydrogens is 304 g/mol. The molecule has 1 aromatic carbocycles. The minimum atomic E-state index is 0.0266. The number of hydrogen-bond donors (Lipinski definition) is 0. The Labute approximate surface area is 142 Å². The Hall–Kier alpha value is -2.37. The summed E-state index contributed by atoms with van der Waals surface area (Å²) < 4.78 is 7.45. The van der Waals surface area contributed by atoms with Crippen molar-refractivity contribution < 1.29 is 9.53 Å². The molecule has 3 rings (SSSR count). The lowest BCUT2D eigenvalue weighted by atomic mass is 9.96. The number of carbonyl (C=O) groups excluding carboxylic acids is 1. The van der Waals surface area contributed by atoms with E-state index in [-0.39, 0.29) is 11.8 Å². The number of piperidine rings is 1. The van der Waals surface area contributed by atoms with E-state index >= 15 is 0 Å². The van der Waals surface area contributed by atoms with E-state index in [0.29, 0.717) is 17.9 Å². The van der Waals surface area contributed by atoms with Crippen molar-refractivity contribution in [2.75, 3.05) is 20.2 Å². The van der Waals surface area contributed by atoms with Gasteiger partial charge in [-0.3, -0.25) is 4.79 Å². The average Bonchev–Trinajstić information content (AvgIpc) is 3.10. The summed E-state index contributed by atoms with van der Waals surface area (Å²) in [7, 11) is 1.60. The first-order valence-electron chi connectivity index (χ1n) is 8.54. The number of benzene rings is 1. The SMILES string of the molecule is CCCn1cnnc1[C@H]1CCCN(C(=O)c2ccccc2OC)C1. The van der Waals surface area contributed by atoms with Crippen molar-refractivity contribution >= 4 is 5.91 Å². The Morgan fingerprint density at radius 1 is 1.38 bits per heavy atom. The zero-order valence-electron chi connectivity index (χ0n) is 14.3. The lowest BCUT2D eigenvalue weighted by Crippen LogP contribution is -2.40. The highest BCUT2D eigenvalue weighted by Crippen LogP contribution is 2.28. The molecule has 0 unspecified atom stereocenters. The first-order chi connectivity index (χ1) is 11.7. The Morgan fingerprint density at radius 3 is 3.00 bits per heavy atom. The Kier molecular flexibility index (Phi) is 5.13. The van der Waals surface area contributed by atoms with E-state index in [1.807, 2.05) is 29.2 Å². The molecule has 1 saturated heterocycles. The molecule has 1 aliphatic heterocycles. The molecule has 2 heterocycles. The fourth-order valence-electron chi connectivity index (χ4n) is 3.36. The quantitative estimate of drug-likeness (QED) is 0.847. The molecule has 0 bridgehead atoms. The van der Waals surface area contributed by atoms with Crippen LogP contribution in [0, 0.1) is 0 Å². The van der Waals surface area contributed by atoms with Crippen LogP contribution < -0.4 is 4.74 Å². The van der Waals surface area contributed by atoms with E-state index < -0.39 is 0 Å². The number of amides is 1. The van der Waals surface area contributed by atoms with Crippen LogP contribution in [-0.4, -0.2) is 45.8 Å². The first-order valence-corrected chi connectivity index (χ1v) is 8.54. The number of aromatic nitrogens is 3. The summed E-state index contributed by atoms with van der Waals surface area (Å²) in [5.74, 6) is 1.89. The molecule has 0 radical (unpaired) electrons. The van der Waals surface area contributed by atoms with Crippen molar-refractivity contribution in [3.63, 3.8) is 0 Å². The highest BCUT2D eigenvalue weighted by Gasteiger charge is 2.29. The van der Waals surface area contributed by atoms with E-state index in [1.165, 1.54) is 0 Å². The molecular formula is C18H24N4O2. The first kappa shape index (κ1) is 16.5. The molecule has 1 amide bonds. The van der Waals surface area contributed by atoms with E-state index in [0.717, 1.165) is 38.2 Å². The summed E-state index contributed by atoms with van der Waals surface area (Å²) in [5, 5.41) is 8.37. The number of carbonyl (C=O) groups is 1. The molecule has 1 aliphatic rings. The zero-order valence-corrected chi connectivity index (χ0v) is 14.3. The largest absolute Gasteiger partial charge is 0.496 e. The van der Waals surface area contributed by atoms with Gasteiger partial charge < -0.3 is 14.2 Å². The Balaban J connectivity index is 1.78. The maximum Gasteiger partial charge on any atom is 0.257 e. The highest BCUT2D eigenvalue weighted by molar-refractivity contribution is 5.97. The van der Waals surface area contributed by atoms with Crippen LogP contribution in [0.4, 0.5) is 0 Å². The number of nitrogens with zero attached hydrogens (tertiary/aromatic N) is 4. The van der Waals surface area contributed by atoms with Gasteiger partial charge in [-0.1, -0.05) is 19.1 Å². The van der Waals surface area contributed by atoms with Crippen LogP contribution in [0.5, 0.6) is 5.75 Å². The third kappa shape index (κ3) is 3.27. The summed E-state index contributed by atoms with van der Waals surface area (Å²) in [5.41, 5.74) is 0.621. The minimum absolute atomic E-state index is 0.0266. The summed E-state index contributed by atoms with van der Waals surface area (Å²) in [6.45, 7) is 4.51. The normalized spacial score (nSPS) is 17.8. The number of aryl methyl sites for hydroxylation is 1. The van der Waals surface area contributed by atoms with E-state index in [9.17, 15) is 4.79 Å². The van der Waals surface area contributed by atoms with Crippen LogP contribution in [0.15, 0.2) is 30.6 Å². The number of rotatable bonds is 5. The van der Waals surface area contributed by atoms with E-state index in [1.54, 1.807) is 13.4 Å². The third-order valence-corrected chi connectivity index (χ3v) is 4.52. The molecule has 128 valence electrons. The summed E-state index contributed by atoms with van der Waals surface area (Å²) in [4.78, 5) is 14.8. The summed E-state index contributed by atoms with van der Waals surface area (Å²) >= 11 is 0. The van der Waals surface area contributed by atoms with Gasteiger partial charge in [0.25, 0.3) is 5.91 Å². The molecule has 0 N–H and O–H groups in total. The molecule has 0 aliphatic carbocycles. The van der Waals surface area contributed by atoms with Crippen LogP contribution in [0.25, 0.3) is 0 Å². The standard InChI is InChI=1S/C18H24N4O2/c1-3-10-22-13-19-20-17(22)14-7-6-11-21(12-14)18(23)15-8-4-5-9-16(15)24-2/h4-5,8-9,13-14H,3,6-7,10-12H2,1-2H3/t14-/m0/s1. The highest BCUT2D eigenvalue weighted by atomic mass is 16.5. The lowest BCUT2D eigenvalue weighted by Gasteiger charge is -2.32. The van der Waals surface area contributed by atoms with Gasteiger partial charge >= 0.3 is 0 Å². The van der Waals surface area contributed by atoms with Gasteiger partial charge in [-0.2, -0.15) is 0 Å². The maximum absolute atomic E-state index is 12.9. The van der Waals surface area contributed by atoms with Crippen LogP contribution in [-0.2, 0) is 6.54 Å². The Morgan fingerprint density at radius 2 is 2.21 bits per heavy atom. The average molecular weight is 328 g/mol. The lowest BCUT2D eigenvalue weighted by molar-refractivity contribution is 0.0699. The second kappa shape index (κ2) is 7.47. The molecule has 6 nitrogen and oxygen atoms in total. The maximum atomic E-state index is 12.9. The van der Waals surface area contributed by atoms with Crippen LogP contribution in [0.3, 0.4) is 0 Å². The monoisotopic (exact) mass is 328 g/mol. The molecule has 0 spiro atoms. The Bertz CT molecular complexity index is 698. The number of methoxy groups -OCH3 is 1. The molecule has 2 aromatic rings. The number of ether oxygens (including phenoxy) is 1. The fraction of sp³-hybridized carbons (Fsp3) is 0.500. The van der Waals surface area contributed by atoms with Crippen molar-refractivity contribution in [1.82, 2.24) is 19.7 Å². The smallest absolute Gasteiger partial charge is 0.257 e. The molecule has 1 aromatic heterocycles. The summed E-state index contributed by atoms with van der Waals surface area (Å²) in [6, 6.07) is 7.40. The third-order valence-electron chi connectivity index (χ3n) is 4.52. The second-order valence-electron chi connectivity index (χ2n) is 6.17. The predicted octanol–water partition coefficient (Wildman–Crippen LogP) is 2.72. The molecule has 6 heteroatoms. The molecule has 1 atom stereocenters. The van der Waals surface area contributed by atoms with Gasteiger partial charge in [0.2, 0.25) is 0 Å². The van der Waals surface area contributed by atoms with E-state index in [4.69, 9.17) is 4.74 Å². The number of hydrogen-bond acceptors (Lipinski definition) is 4. The van der Waals surface area contributed by atoms with Gasteiger partial charge in [0, 0.05) is 25.6 Å².